The summed E-state index contributed by atoms with van der Waals surface area (Å²) in [6.07, 6.45) is 3.75. The van der Waals surface area contributed by atoms with Gasteiger partial charge in [0.05, 0.1) is 22.1 Å². The minimum atomic E-state index is 1.10. The van der Waals surface area contributed by atoms with E-state index < -0.39 is 0 Å². The van der Waals surface area contributed by atoms with E-state index in [-0.39, 0.29) is 0 Å². The largest absolute Gasteiger partial charge is 0.309 e. The SMILES string of the molecule is c1ccc(-c2cccc(-c3ccc4c(c3)c3cc(-c5cccc(-c6ccccc6)c5)ccc3n4-c3ccc4c(c3)c3ccccc3n4-c3cccc(-c4cccnc4)c3)c2)cc1. The predicted molar refractivity (Wildman–Crippen MR) is 260 cm³/mol. The zero-order chi connectivity index (χ0) is 41.0. The lowest BCUT2D eigenvalue weighted by atomic mass is 9.96. The van der Waals surface area contributed by atoms with Crippen molar-refractivity contribution < 1.29 is 0 Å². The Labute approximate surface area is 360 Å². The third kappa shape index (κ3) is 6.10. The summed E-state index contributed by atoms with van der Waals surface area (Å²) in [7, 11) is 0. The summed E-state index contributed by atoms with van der Waals surface area (Å²) in [4.78, 5) is 4.39. The fourth-order valence-corrected chi connectivity index (χ4v) is 9.41. The van der Waals surface area contributed by atoms with E-state index in [0.29, 0.717) is 0 Å². The lowest BCUT2D eigenvalue weighted by Crippen LogP contribution is -1.96. The van der Waals surface area contributed by atoms with E-state index in [1.807, 2.05) is 18.5 Å². The molecule has 62 heavy (non-hydrogen) atoms. The second-order valence-electron chi connectivity index (χ2n) is 16.0. The molecule has 0 aliphatic rings. The number of rotatable bonds is 7. The van der Waals surface area contributed by atoms with Crippen molar-refractivity contribution in [3.8, 4) is 67.0 Å². The van der Waals surface area contributed by atoms with E-state index in [1.165, 1.54) is 88.1 Å². The molecule has 12 aromatic rings. The number of fused-ring (bicyclic) bond motifs is 6. The van der Waals surface area contributed by atoms with E-state index in [0.717, 1.165) is 22.5 Å². The van der Waals surface area contributed by atoms with Crippen LogP contribution in [-0.2, 0) is 0 Å². The van der Waals surface area contributed by atoms with Crippen molar-refractivity contribution in [1.29, 1.82) is 0 Å². The Morgan fingerprint density at radius 1 is 0.242 bits per heavy atom. The first-order chi connectivity index (χ1) is 30.7. The number of hydrogen-bond acceptors (Lipinski definition) is 1. The molecule has 0 saturated heterocycles. The summed E-state index contributed by atoms with van der Waals surface area (Å²) in [5, 5.41) is 4.87. The highest BCUT2D eigenvalue weighted by Gasteiger charge is 2.18. The molecule has 3 aromatic heterocycles. The average molecular weight is 790 g/mol. The number of benzene rings is 9. The first kappa shape index (κ1) is 35.7. The molecule has 3 heterocycles. The highest BCUT2D eigenvalue weighted by Crippen LogP contribution is 2.41. The van der Waals surface area contributed by atoms with Crippen molar-refractivity contribution in [3.63, 3.8) is 0 Å². The van der Waals surface area contributed by atoms with E-state index in [1.54, 1.807) is 0 Å². The van der Waals surface area contributed by atoms with Crippen LogP contribution in [0.1, 0.15) is 0 Å². The third-order valence-corrected chi connectivity index (χ3v) is 12.4. The van der Waals surface area contributed by atoms with Crippen molar-refractivity contribution in [3.05, 3.63) is 237 Å². The van der Waals surface area contributed by atoms with Crippen LogP contribution in [0.25, 0.3) is 111 Å². The van der Waals surface area contributed by atoms with Crippen molar-refractivity contribution in [2.75, 3.05) is 0 Å². The molecule has 3 nitrogen and oxygen atoms in total. The van der Waals surface area contributed by atoms with Crippen LogP contribution in [0.2, 0.25) is 0 Å². The highest BCUT2D eigenvalue weighted by atomic mass is 15.0. The van der Waals surface area contributed by atoms with Crippen LogP contribution < -0.4 is 0 Å². The van der Waals surface area contributed by atoms with Gasteiger partial charge in [-0.25, -0.2) is 0 Å². The minimum Gasteiger partial charge on any atom is -0.309 e. The van der Waals surface area contributed by atoms with Gasteiger partial charge in [0, 0.05) is 50.9 Å². The Morgan fingerprint density at radius 2 is 0.661 bits per heavy atom. The molecule has 0 amide bonds. The summed E-state index contributed by atoms with van der Waals surface area (Å²) < 4.78 is 4.85. The zero-order valence-corrected chi connectivity index (χ0v) is 33.9. The fourth-order valence-electron chi connectivity index (χ4n) is 9.41. The van der Waals surface area contributed by atoms with Crippen LogP contribution >= 0.6 is 0 Å². The van der Waals surface area contributed by atoms with Gasteiger partial charge in [-0.05, 0) is 129 Å². The molecule has 0 unspecified atom stereocenters. The number of hydrogen-bond donors (Lipinski definition) is 0. The Bertz CT molecular complexity index is 3480. The quantitative estimate of drug-likeness (QED) is 0.158. The number of nitrogens with zero attached hydrogens (tertiary/aromatic N) is 3. The molecule has 0 aliphatic carbocycles. The van der Waals surface area contributed by atoms with Gasteiger partial charge < -0.3 is 9.13 Å². The van der Waals surface area contributed by atoms with Crippen molar-refractivity contribution in [1.82, 2.24) is 14.1 Å². The lowest BCUT2D eigenvalue weighted by molar-refractivity contribution is 1.16. The maximum atomic E-state index is 4.39. The number of aromatic nitrogens is 3. The molecule has 0 aliphatic heterocycles. The van der Waals surface area contributed by atoms with Gasteiger partial charge in [0.2, 0.25) is 0 Å². The Hall–Kier alpha value is -8.27. The Morgan fingerprint density at radius 3 is 1.24 bits per heavy atom. The standard InChI is InChI=1S/C59H39N3/c1-3-13-40(14-4-1)42-17-9-19-44(33-42)47-26-29-57-53(36-47)54-37-48(45-20-10-18-43(34-45)41-15-5-2-6-16-41)27-30-58(54)62(57)51-28-31-59-55(38-51)52-24-7-8-25-56(52)61(59)50-23-11-21-46(35-50)49-22-12-32-60-39-49/h1-39H. The molecule has 0 bridgehead atoms. The molecular formula is C59H39N3. The van der Waals surface area contributed by atoms with Crippen molar-refractivity contribution in [2.45, 2.75) is 0 Å². The smallest absolute Gasteiger partial charge is 0.0542 e. The van der Waals surface area contributed by atoms with Crippen LogP contribution in [-0.4, -0.2) is 14.1 Å². The molecule has 0 N–H and O–H groups in total. The molecule has 12 rings (SSSR count). The maximum absolute atomic E-state index is 4.39. The van der Waals surface area contributed by atoms with Crippen LogP contribution in [0.4, 0.5) is 0 Å². The van der Waals surface area contributed by atoms with Crippen molar-refractivity contribution >= 4 is 43.6 Å². The van der Waals surface area contributed by atoms with Crippen molar-refractivity contribution in [2.24, 2.45) is 0 Å². The summed E-state index contributed by atoms with van der Waals surface area (Å²) in [6, 6.07) is 81.7. The number of pyridine rings is 1. The lowest BCUT2D eigenvalue weighted by Gasteiger charge is -2.12. The summed E-state index contributed by atoms with van der Waals surface area (Å²) in [5.41, 5.74) is 18.8. The van der Waals surface area contributed by atoms with Gasteiger partial charge in [0.15, 0.2) is 0 Å². The van der Waals surface area contributed by atoms with Gasteiger partial charge in [-0.1, -0.05) is 146 Å². The van der Waals surface area contributed by atoms with E-state index in [9.17, 15) is 0 Å². The second kappa shape index (κ2) is 14.8. The minimum absolute atomic E-state index is 1.10. The van der Waals surface area contributed by atoms with Crippen LogP contribution in [0.5, 0.6) is 0 Å². The summed E-state index contributed by atoms with van der Waals surface area (Å²) in [6.45, 7) is 0. The molecule has 9 aromatic carbocycles. The molecule has 290 valence electrons. The fraction of sp³-hybridized carbons (Fsp3) is 0. The molecule has 3 heteroatoms. The predicted octanol–water partition coefficient (Wildman–Crippen LogP) is 15.6. The molecule has 0 spiro atoms. The van der Waals surface area contributed by atoms with E-state index in [2.05, 4.69) is 233 Å². The van der Waals surface area contributed by atoms with Gasteiger partial charge in [0.1, 0.15) is 0 Å². The first-order valence-corrected chi connectivity index (χ1v) is 21.2. The molecular weight excluding hydrogens is 751 g/mol. The molecule has 0 radical (unpaired) electrons. The second-order valence-corrected chi connectivity index (χ2v) is 16.0. The summed E-state index contributed by atoms with van der Waals surface area (Å²) >= 11 is 0. The molecule has 0 saturated carbocycles. The van der Waals surface area contributed by atoms with Gasteiger partial charge in [-0.2, -0.15) is 0 Å². The van der Waals surface area contributed by atoms with Gasteiger partial charge in [0.25, 0.3) is 0 Å². The van der Waals surface area contributed by atoms with E-state index in [4.69, 9.17) is 0 Å². The first-order valence-electron chi connectivity index (χ1n) is 21.2. The molecule has 0 atom stereocenters. The number of para-hydroxylation sites is 1. The maximum Gasteiger partial charge on any atom is 0.0542 e. The highest BCUT2D eigenvalue weighted by molar-refractivity contribution is 6.13. The third-order valence-electron chi connectivity index (χ3n) is 12.4. The average Bonchev–Trinajstić information content (AvgIpc) is 3.86. The van der Waals surface area contributed by atoms with Gasteiger partial charge in [-0.15, -0.1) is 0 Å². The molecule has 0 fully saturated rings. The van der Waals surface area contributed by atoms with Crippen LogP contribution in [0, 0.1) is 0 Å². The van der Waals surface area contributed by atoms with Gasteiger partial charge >= 0.3 is 0 Å². The monoisotopic (exact) mass is 789 g/mol. The van der Waals surface area contributed by atoms with Gasteiger partial charge in [-0.3, -0.25) is 4.98 Å². The topological polar surface area (TPSA) is 22.8 Å². The normalized spacial score (nSPS) is 11.5. The van der Waals surface area contributed by atoms with E-state index >= 15 is 0 Å². The zero-order valence-electron chi connectivity index (χ0n) is 33.9. The van der Waals surface area contributed by atoms with Crippen LogP contribution in [0.15, 0.2) is 237 Å². The Balaban J connectivity index is 1.05. The van der Waals surface area contributed by atoms with Crippen LogP contribution in [0.3, 0.4) is 0 Å². The summed E-state index contributed by atoms with van der Waals surface area (Å²) in [5.74, 6) is 0. The Kier molecular flexibility index (Phi) is 8.50.